The Kier molecular flexibility index (Phi) is 14.5. The van der Waals surface area contributed by atoms with E-state index in [1.807, 2.05) is 0 Å². The van der Waals surface area contributed by atoms with Crippen LogP contribution in [0.3, 0.4) is 0 Å². The largest absolute Gasteiger partial charge is 0.494 e. The second-order valence-corrected chi connectivity index (χ2v) is 3.27. The van der Waals surface area contributed by atoms with Crippen LogP contribution in [-0.4, -0.2) is 6.61 Å². The van der Waals surface area contributed by atoms with Gasteiger partial charge in [-0.25, -0.2) is 0 Å². The van der Waals surface area contributed by atoms with Crippen LogP contribution in [0, 0.1) is 5.92 Å². The maximum absolute atomic E-state index is 10.0. The number of unbranched alkanes of at least 4 members (excludes halogenated alkanes) is 1. The molecule has 0 spiro atoms. The Bertz CT molecular complexity index is 101. The van der Waals surface area contributed by atoms with E-state index in [9.17, 15) is 4.57 Å². The molecule has 0 aromatic heterocycles. The maximum Gasteiger partial charge on any atom is 0.494 e. The Hall–Kier alpha value is 0.554. The van der Waals surface area contributed by atoms with Gasteiger partial charge in [-0.3, -0.25) is 0 Å². The van der Waals surface area contributed by atoms with E-state index in [0.717, 1.165) is 6.42 Å². The zero-order valence-electron chi connectivity index (χ0n) is 7.75. The minimum absolute atomic E-state index is 0. The Morgan fingerprint density at radius 3 is 2.50 bits per heavy atom. The molecule has 4 heteroatoms. The van der Waals surface area contributed by atoms with Crippen molar-refractivity contribution in [3.05, 3.63) is 0 Å². The fourth-order valence-corrected chi connectivity index (χ4v) is 1.35. The van der Waals surface area contributed by atoms with Crippen molar-refractivity contribution in [2.75, 3.05) is 6.61 Å². The van der Waals surface area contributed by atoms with Crippen LogP contribution in [0.5, 0.6) is 0 Å². The molecule has 2 nitrogen and oxygen atoms in total. The minimum atomic E-state index is -0.591. The second kappa shape index (κ2) is 11.6. The number of rotatable bonds is 7. The molecule has 0 aliphatic rings. The molecule has 0 radical (unpaired) electrons. The predicted octanol–water partition coefficient (Wildman–Crippen LogP) is 3.16. The maximum atomic E-state index is 10.0. The van der Waals surface area contributed by atoms with Gasteiger partial charge in [0.25, 0.3) is 0 Å². The normalized spacial score (nSPS) is 12.5. The molecule has 76 valence electrons. The van der Waals surface area contributed by atoms with Crippen molar-refractivity contribution >= 4 is 8.69 Å². The third-order valence-corrected chi connectivity index (χ3v) is 2.21. The van der Waals surface area contributed by atoms with Gasteiger partial charge in [0.1, 0.15) is 6.61 Å². The summed E-state index contributed by atoms with van der Waals surface area (Å²) in [5.41, 5.74) is 0. The third kappa shape index (κ3) is 8.65. The molecule has 0 bridgehead atoms. The van der Waals surface area contributed by atoms with Crippen LogP contribution in [0.15, 0.2) is 0 Å². The Balaban J connectivity index is 0. The summed E-state index contributed by atoms with van der Waals surface area (Å²) in [6, 6.07) is 0. The average Bonchev–Trinajstić information content (AvgIpc) is 2.05. The molecule has 2 atom stereocenters. The monoisotopic (exact) mass is 235 g/mol. The molecule has 0 fully saturated rings. The molecule has 0 aromatic carbocycles. The molecule has 2 unspecified atom stereocenters. The van der Waals surface area contributed by atoms with Gasteiger partial charge in [0, 0.05) is 16.5 Å². The summed E-state index contributed by atoms with van der Waals surface area (Å²) in [6.45, 7) is 5.00. The van der Waals surface area contributed by atoms with Crippen LogP contribution >= 0.6 is 8.69 Å². The van der Waals surface area contributed by atoms with Crippen molar-refractivity contribution in [3.8, 4) is 0 Å². The smallest absolute Gasteiger partial charge is 0.148 e. The molecule has 0 aromatic rings. The SMILES string of the molecule is CCCCC(CC)CO[PH+]=O.[Ni]. The van der Waals surface area contributed by atoms with Crippen LogP contribution in [0.4, 0.5) is 0 Å². The molecule has 0 heterocycles. The van der Waals surface area contributed by atoms with Gasteiger partial charge in [-0.2, -0.15) is 0 Å². The number of hydrogen-bond donors (Lipinski definition) is 0. The Morgan fingerprint density at radius 1 is 1.42 bits per heavy atom. The van der Waals surface area contributed by atoms with Gasteiger partial charge in [0.2, 0.25) is 0 Å². The van der Waals surface area contributed by atoms with E-state index >= 15 is 0 Å². The van der Waals surface area contributed by atoms with E-state index in [1.54, 1.807) is 0 Å². The summed E-state index contributed by atoms with van der Waals surface area (Å²) in [6.07, 6.45) is 4.82. The van der Waals surface area contributed by atoms with E-state index in [2.05, 4.69) is 13.8 Å². The summed E-state index contributed by atoms with van der Waals surface area (Å²) >= 11 is 0. The van der Waals surface area contributed by atoms with Gasteiger partial charge >= 0.3 is 8.69 Å². The molecule has 0 amide bonds. The van der Waals surface area contributed by atoms with Gasteiger partial charge in [-0.1, -0.05) is 33.1 Å². The second-order valence-electron chi connectivity index (χ2n) is 2.81. The first kappa shape index (κ1) is 15.0. The van der Waals surface area contributed by atoms with Crippen LogP contribution < -0.4 is 0 Å². The minimum Gasteiger partial charge on any atom is -0.148 e. The van der Waals surface area contributed by atoms with Crippen molar-refractivity contribution in [2.24, 2.45) is 5.92 Å². The van der Waals surface area contributed by atoms with E-state index in [0.29, 0.717) is 12.5 Å². The van der Waals surface area contributed by atoms with E-state index in [1.165, 1.54) is 19.3 Å². The zero-order valence-corrected chi connectivity index (χ0v) is 9.73. The van der Waals surface area contributed by atoms with Gasteiger partial charge in [0.05, 0.1) is 0 Å². The number of hydrogen-bond acceptors (Lipinski definition) is 2. The molecule has 0 aliphatic carbocycles. The van der Waals surface area contributed by atoms with Gasteiger partial charge < -0.3 is 0 Å². The fraction of sp³-hybridized carbons (Fsp3) is 1.00. The fourth-order valence-electron chi connectivity index (χ4n) is 1.05. The van der Waals surface area contributed by atoms with Crippen molar-refractivity contribution in [1.29, 1.82) is 0 Å². The molecule has 12 heavy (non-hydrogen) atoms. The van der Waals surface area contributed by atoms with Gasteiger partial charge in [0.15, 0.2) is 0 Å². The summed E-state index contributed by atoms with van der Waals surface area (Å²) < 4.78 is 14.9. The summed E-state index contributed by atoms with van der Waals surface area (Å²) in [5, 5.41) is 0. The molecule has 0 N–H and O–H groups in total. The van der Waals surface area contributed by atoms with Crippen LogP contribution in [-0.2, 0) is 25.6 Å². The molecule has 0 saturated heterocycles. The summed E-state index contributed by atoms with van der Waals surface area (Å²) in [7, 11) is -0.591. The first-order valence-electron chi connectivity index (χ1n) is 4.34. The predicted molar refractivity (Wildman–Crippen MR) is 48.3 cm³/mol. The first-order valence-corrected chi connectivity index (χ1v) is 5.15. The first-order chi connectivity index (χ1) is 5.35. The molecular formula is C8H18NiO2P+. The average molecular weight is 236 g/mol. The van der Waals surface area contributed by atoms with Gasteiger partial charge in [-0.15, -0.1) is 4.52 Å². The van der Waals surface area contributed by atoms with Crippen LogP contribution in [0.2, 0.25) is 0 Å². The molecular weight excluding hydrogens is 218 g/mol. The standard InChI is InChI=1S/C8H18O2P.Ni/c1-3-5-6-8(4-2)7-10-11-9;/h8,11H,3-7H2,1-2H3;/q+1;. The summed E-state index contributed by atoms with van der Waals surface area (Å²) in [4.78, 5) is 0. The topological polar surface area (TPSA) is 26.3 Å². The van der Waals surface area contributed by atoms with Crippen LogP contribution in [0.25, 0.3) is 0 Å². The van der Waals surface area contributed by atoms with Crippen LogP contribution in [0.1, 0.15) is 39.5 Å². The van der Waals surface area contributed by atoms with E-state index in [4.69, 9.17) is 4.52 Å². The van der Waals surface area contributed by atoms with E-state index < -0.39 is 8.69 Å². The molecule has 0 saturated carbocycles. The quantitative estimate of drug-likeness (QED) is 0.501. The van der Waals surface area contributed by atoms with Gasteiger partial charge in [-0.05, 0) is 16.9 Å². The van der Waals surface area contributed by atoms with Crippen molar-refractivity contribution in [3.63, 3.8) is 0 Å². The van der Waals surface area contributed by atoms with Crippen molar-refractivity contribution in [2.45, 2.75) is 39.5 Å². The van der Waals surface area contributed by atoms with E-state index in [-0.39, 0.29) is 16.5 Å². The zero-order chi connectivity index (χ0) is 8.53. The summed E-state index contributed by atoms with van der Waals surface area (Å²) in [5.74, 6) is 0.608. The Morgan fingerprint density at radius 2 is 2.08 bits per heavy atom. The van der Waals surface area contributed by atoms with Crippen molar-refractivity contribution in [1.82, 2.24) is 0 Å². The molecule has 0 aliphatic heterocycles. The van der Waals surface area contributed by atoms with Crippen molar-refractivity contribution < 1.29 is 25.6 Å². The third-order valence-electron chi connectivity index (χ3n) is 1.92. The Labute approximate surface area is 86.7 Å². The molecule has 0 rings (SSSR count).